The van der Waals surface area contributed by atoms with Crippen LogP contribution < -0.4 is 4.90 Å². The van der Waals surface area contributed by atoms with Gasteiger partial charge in [-0.2, -0.15) is 0 Å². The van der Waals surface area contributed by atoms with Gasteiger partial charge in [-0.1, -0.05) is 36.4 Å². The molecule has 0 unspecified atom stereocenters. The van der Waals surface area contributed by atoms with Gasteiger partial charge in [0, 0.05) is 19.6 Å². The Balaban J connectivity index is 1.37. The Labute approximate surface area is 154 Å². The van der Waals surface area contributed by atoms with E-state index in [4.69, 9.17) is 5.11 Å². The van der Waals surface area contributed by atoms with Gasteiger partial charge in [0.15, 0.2) is 5.69 Å². The predicted molar refractivity (Wildman–Crippen MR) is 101 cm³/mol. The average molecular weight is 351 g/mol. The van der Waals surface area contributed by atoms with E-state index in [1.165, 1.54) is 24.8 Å². The number of aromatic carboxylic acids is 1. The minimum Gasteiger partial charge on any atom is -0.477 e. The van der Waals surface area contributed by atoms with Crippen molar-refractivity contribution < 1.29 is 9.90 Å². The molecule has 0 bridgehead atoms. The molecule has 1 N–H and O–H groups in total. The Hall–Kier alpha value is -2.40. The second kappa shape index (κ2) is 7.08. The second-order valence-corrected chi connectivity index (χ2v) is 7.62. The van der Waals surface area contributed by atoms with Gasteiger partial charge < -0.3 is 10.0 Å². The molecule has 0 saturated carbocycles. The van der Waals surface area contributed by atoms with Gasteiger partial charge in [-0.15, -0.1) is 0 Å². The molecule has 0 radical (unpaired) electrons. The summed E-state index contributed by atoms with van der Waals surface area (Å²) in [5.74, 6) is -0.163. The second-order valence-electron chi connectivity index (χ2n) is 7.62. The lowest BCUT2D eigenvalue weighted by molar-refractivity contribution is 0.0690. The van der Waals surface area contributed by atoms with Crippen LogP contribution in [0.25, 0.3) is 0 Å². The molecule has 0 amide bonds. The van der Waals surface area contributed by atoms with Gasteiger partial charge in [-0.3, -0.25) is 4.90 Å². The van der Waals surface area contributed by atoms with Gasteiger partial charge in [-0.05, 0) is 55.5 Å². The van der Waals surface area contributed by atoms with E-state index >= 15 is 0 Å². The van der Waals surface area contributed by atoms with Crippen molar-refractivity contribution in [1.29, 1.82) is 0 Å². The predicted octanol–water partition coefficient (Wildman–Crippen LogP) is 3.27. The van der Waals surface area contributed by atoms with Crippen molar-refractivity contribution in [2.24, 2.45) is 5.41 Å². The highest BCUT2D eigenvalue weighted by atomic mass is 16.4. The van der Waals surface area contributed by atoms with Crippen LogP contribution in [0.5, 0.6) is 0 Å². The fourth-order valence-electron chi connectivity index (χ4n) is 4.28. The summed E-state index contributed by atoms with van der Waals surface area (Å²) in [5, 5.41) is 9.16. The molecule has 4 rings (SSSR count). The van der Waals surface area contributed by atoms with Crippen LogP contribution in [0.2, 0.25) is 0 Å². The van der Waals surface area contributed by atoms with Crippen LogP contribution in [-0.4, -0.2) is 47.1 Å². The van der Waals surface area contributed by atoms with E-state index in [1.54, 1.807) is 12.1 Å². The summed E-state index contributed by atoms with van der Waals surface area (Å²) in [4.78, 5) is 20.3. The van der Waals surface area contributed by atoms with Gasteiger partial charge in [0.05, 0.1) is 0 Å². The van der Waals surface area contributed by atoms with Crippen molar-refractivity contribution >= 4 is 11.8 Å². The lowest BCUT2D eigenvalue weighted by atomic mass is 9.77. The van der Waals surface area contributed by atoms with E-state index in [9.17, 15) is 4.79 Å². The summed E-state index contributed by atoms with van der Waals surface area (Å²) < 4.78 is 0. The third-order valence-corrected chi connectivity index (χ3v) is 5.88. The molecule has 0 atom stereocenters. The van der Waals surface area contributed by atoms with Gasteiger partial charge >= 0.3 is 5.97 Å². The van der Waals surface area contributed by atoms with Crippen molar-refractivity contribution in [1.82, 2.24) is 9.88 Å². The summed E-state index contributed by atoms with van der Waals surface area (Å²) in [6.45, 7) is 5.25. The largest absolute Gasteiger partial charge is 0.477 e. The zero-order valence-corrected chi connectivity index (χ0v) is 15.0. The molecule has 136 valence electrons. The minimum absolute atomic E-state index is 0.126. The Morgan fingerprint density at radius 3 is 2.46 bits per heavy atom. The molecule has 5 heteroatoms. The summed E-state index contributed by atoms with van der Waals surface area (Å²) >= 11 is 0. The van der Waals surface area contributed by atoms with E-state index in [1.807, 2.05) is 6.07 Å². The van der Waals surface area contributed by atoms with Crippen LogP contribution in [0.3, 0.4) is 0 Å². The van der Waals surface area contributed by atoms with E-state index in [0.717, 1.165) is 38.5 Å². The molecule has 2 aliphatic rings. The third-order valence-electron chi connectivity index (χ3n) is 5.88. The summed E-state index contributed by atoms with van der Waals surface area (Å²) in [6.07, 6.45) is 3.58. The molecule has 1 spiro atoms. The quantitative estimate of drug-likeness (QED) is 0.916. The number of pyridine rings is 1. The van der Waals surface area contributed by atoms with Crippen molar-refractivity contribution in [3.8, 4) is 0 Å². The number of likely N-dealkylation sites (tertiary alicyclic amines) is 1. The van der Waals surface area contributed by atoms with Gasteiger partial charge in [0.2, 0.25) is 0 Å². The molecule has 3 heterocycles. The zero-order valence-electron chi connectivity index (χ0n) is 15.0. The highest BCUT2D eigenvalue weighted by molar-refractivity contribution is 5.85. The lowest BCUT2D eigenvalue weighted by Crippen LogP contribution is -2.41. The maximum atomic E-state index is 11.2. The van der Waals surface area contributed by atoms with Crippen molar-refractivity contribution in [3.63, 3.8) is 0 Å². The SMILES string of the molecule is O=C(O)c1cccc(N2CCC3(CCN(Cc4ccccc4)CC3)C2)n1. The van der Waals surface area contributed by atoms with Crippen molar-refractivity contribution in [2.45, 2.75) is 25.8 Å². The number of benzene rings is 1. The highest BCUT2D eigenvalue weighted by Gasteiger charge is 2.40. The molecule has 1 aromatic carbocycles. The highest BCUT2D eigenvalue weighted by Crippen LogP contribution is 2.41. The van der Waals surface area contributed by atoms with E-state index < -0.39 is 5.97 Å². The first-order chi connectivity index (χ1) is 12.6. The van der Waals surface area contributed by atoms with Crippen molar-refractivity contribution in [2.75, 3.05) is 31.1 Å². The van der Waals surface area contributed by atoms with E-state index in [0.29, 0.717) is 5.41 Å². The summed E-state index contributed by atoms with van der Waals surface area (Å²) in [5.41, 5.74) is 1.86. The zero-order chi connectivity index (χ0) is 18.0. The van der Waals surface area contributed by atoms with Crippen molar-refractivity contribution in [3.05, 3.63) is 59.8 Å². The molecule has 26 heavy (non-hydrogen) atoms. The van der Waals surface area contributed by atoms with E-state index in [-0.39, 0.29) is 5.69 Å². The third kappa shape index (κ3) is 3.58. The van der Waals surface area contributed by atoms with Crippen LogP contribution in [0, 0.1) is 5.41 Å². The molecular weight excluding hydrogens is 326 g/mol. The lowest BCUT2D eigenvalue weighted by Gasteiger charge is -2.39. The number of anilines is 1. The maximum absolute atomic E-state index is 11.2. The number of aromatic nitrogens is 1. The number of piperidine rings is 1. The Morgan fingerprint density at radius 1 is 1.00 bits per heavy atom. The molecule has 2 aromatic rings. The molecule has 2 fully saturated rings. The normalized spacial score (nSPS) is 19.8. The van der Waals surface area contributed by atoms with Crippen LogP contribution >= 0.6 is 0 Å². The number of carboxylic acids is 1. The van der Waals surface area contributed by atoms with Gasteiger partial charge in [-0.25, -0.2) is 9.78 Å². The topological polar surface area (TPSA) is 56.7 Å². The average Bonchev–Trinajstić information content (AvgIpc) is 3.09. The Morgan fingerprint density at radius 2 is 1.73 bits per heavy atom. The molecule has 0 aliphatic carbocycles. The van der Waals surface area contributed by atoms with Gasteiger partial charge in [0.1, 0.15) is 5.82 Å². The fourth-order valence-corrected chi connectivity index (χ4v) is 4.28. The number of hydrogen-bond acceptors (Lipinski definition) is 4. The Bertz CT molecular complexity index is 770. The standard InChI is InChI=1S/C21H25N3O2/c25-20(26)18-7-4-8-19(22-18)24-14-11-21(16-24)9-12-23(13-10-21)15-17-5-2-1-3-6-17/h1-8H,9-16H2,(H,25,26). The number of carbonyl (C=O) groups is 1. The molecule has 1 aromatic heterocycles. The van der Waals surface area contributed by atoms with Crippen LogP contribution in [-0.2, 0) is 6.54 Å². The van der Waals surface area contributed by atoms with Crippen LogP contribution in [0.1, 0.15) is 35.3 Å². The number of carboxylic acid groups (broad SMARTS) is 1. The maximum Gasteiger partial charge on any atom is 0.354 e. The fraction of sp³-hybridized carbons (Fsp3) is 0.429. The van der Waals surface area contributed by atoms with Crippen LogP contribution in [0.4, 0.5) is 5.82 Å². The van der Waals surface area contributed by atoms with Gasteiger partial charge in [0.25, 0.3) is 0 Å². The Kier molecular flexibility index (Phi) is 4.64. The molecule has 5 nitrogen and oxygen atoms in total. The summed E-state index contributed by atoms with van der Waals surface area (Å²) in [7, 11) is 0. The minimum atomic E-state index is -0.963. The molecule has 2 aliphatic heterocycles. The number of hydrogen-bond donors (Lipinski definition) is 1. The van der Waals surface area contributed by atoms with E-state index in [2.05, 4.69) is 45.1 Å². The molecule has 2 saturated heterocycles. The number of rotatable bonds is 4. The summed E-state index contributed by atoms with van der Waals surface area (Å²) in [6, 6.07) is 15.9. The first-order valence-corrected chi connectivity index (χ1v) is 9.35. The monoisotopic (exact) mass is 351 g/mol. The smallest absolute Gasteiger partial charge is 0.354 e. The number of nitrogens with zero attached hydrogens (tertiary/aromatic N) is 3. The molecular formula is C21H25N3O2. The first kappa shape index (κ1) is 17.0. The first-order valence-electron chi connectivity index (χ1n) is 9.35. The van der Waals surface area contributed by atoms with Crippen LogP contribution in [0.15, 0.2) is 48.5 Å².